The number of halogens is 3. The third-order valence-electron chi connectivity index (χ3n) is 2.28. The first-order chi connectivity index (χ1) is 7.16. The molecule has 2 nitrogen and oxygen atoms in total. The molecule has 5 heteroatoms. The van der Waals surface area contributed by atoms with Crippen molar-refractivity contribution in [3.8, 4) is 5.75 Å². The van der Waals surface area contributed by atoms with Gasteiger partial charge in [0.15, 0.2) is 0 Å². The molecule has 1 unspecified atom stereocenters. The van der Waals surface area contributed by atoms with E-state index < -0.39 is 5.82 Å². The van der Waals surface area contributed by atoms with Crippen molar-refractivity contribution in [2.75, 3.05) is 13.1 Å². The molecule has 1 aliphatic heterocycles. The lowest BCUT2D eigenvalue weighted by Crippen LogP contribution is -2.19. The first kappa shape index (κ1) is 11.2. The Bertz CT molecular complexity index is 369. The van der Waals surface area contributed by atoms with Crippen molar-refractivity contribution in [1.29, 1.82) is 0 Å². The SMILES string of the molecule is Fc1cc(OC2CCNC2)c(Br)cc1Cl. The van der Waals surface area contributed by atoms with Crippen molar-refractivity contribution >= 4 is 27.5 Å². The van der Waals surface area contributed by atoms with Gasteiger partial charge in [0.25, 0.3) is 0 Å². The lowest BCUT2D eigenvalue weighted by atomic mass is 10.3. The number of benzene rings is 1. The maximum atomic E-state index is 13.2. The molecule has 0 spiro atoms. The molecule has 0 amide bonds. The highest BCUT2D eigenvalue weighted by atomic mass is 79.9. The Hall–Kier alpha value is -0.320. The first-order valence-corrected chi connectivity index (χ1v) is 5.86. The minimum absolute atomic E-state index is 0.0961. The van der Waals surface area contributed by atoms with Crippen LogP contribution in [0.2, 0.25) is 5.02 Å². The summed E-state index contributed by atoms with van der Waals surface area (Å²) < 4.78 is 19.5. The van der Waals surface area contributed by atoms with Gasteiger partial charge in [0.1, 0.15) is 17.7 Å². The summed E-state index contributed by atoms with van der Waals surface area (Å²) in [4.78, 5) is 0. The number of rotatable bonds is 2. The molecule has 1 atom stereocenters. The first-order valence-electron chi connectivity index (χ1n) is 4.69. The fourth-order valence-electron chi connectivity index (χ4n) is 1.50. The van der Waals surface area contributed by atoms with Gasteiger partial charge in [-0.15, -0.1) is 0 Å². The van der Waals surface area contributed by atoms with Gasteiger partial charge < -0.3 is 10.1 Å². The summed E-state index contributed by atoms with van der Waals surface area (Å²) >= 11 is 8.92. The molecule has 82 valence electrons. The molecule has 1 saturated heterocycles. The number of ether oxygens (including phenoxy) is 1. The summed E-state index contributed by atoms with van der Waals surface area (Å²) in [6, 6.07) is 2.82. The Labute approximate surface area is 101 Å². The van der Waals surface area contributed by atoms with Crippen LogP contribution < -0.4 is 10.1 Å². The van der Waals surface area contributed by atoms with Crippen LogP contribution in [0.4, 0.5) is 4.39 Å². The maximum Gasteiger partial charge on any atom is 0.145 e. The summed E-state index contributed by atoms with van der Waals surface area (Å²) in [5, 5.41) is 3.27. The standard InChI is InChI=1S/C10H10BrClFNO/c11-7-3-8(12)9(13)4-10(7)15-6-1-2-14-5-6/h3-4,6,14H,1-2,5H2. The number of hydrogen-bond donors (Lipinski definition) is 1. The molecule has 1 fully saturated rings. The van der Waals surface area contributed by atoms with E-state index in [0.29, 0.717) is 10.2 Å². The highest BCUT2D eigenvalue weighted by molar-refractivity contribution is 9.10. The van der Waals surface area contributed by atoms with Crippen molar-refractivity contribution in [3.05, 3.63) is 27.4 Å². The van der Waals surface area contributed by atoms with Crippen LogP contribution in [0.3, 0.4) is 0 Å². The van der Waals surface area contributed by atoms with E-state index in [1.165, 1.54) is 12.1 Å². The van der Waals surface area contributed by atoms with Crippen molar-refractivity contribution < 1.29 is 9.13 Å². The van der Waals surface area contributed by atoms with Gasteiger partial charge in [-0.3, -0.25) is 0 Å². The van der Waals surface area contributed by atoms with E-state index in [9.17, 15) is 4.39 Å². The third-order valence-corrected chi connectivity index (χ3v) is 3.19. The highest BCUT2D eigenvalue weighted by Crippen LogP contribution is 2.31. The van der Waals surface area contributed by atoms with E-state index >= 15 is 0 Å². The van der Waals surface area contributed by atoms with E-state index in [4.69, 9.17) is 16.3 Å². The number of hydrogen-bond acceptors (Lipinski definition) is 2. The van der Waals surface area contributed by atoms with Gasteiger partial charge in [0.2, 0.25) is 0 Å². The van der Waals surface area contributed by atoms with Gasteiger partial charge in [-0.05, 0) is 35.0 Å². The van der Waals surface area contributed by atoms with Gasteiger partial charge >= 0.3 is 0 Å². The molecule has 0 aromatic heterocycles. The molecular weight excluding hydrogens is 284 g/mol. The largest absolute Gasteiger partial charge is 0.488 e. The minimum Gasteiger partial charge on any atom is -0.488 e. The summed E-state index contributed by atoms with van der Waals surface area (Å²) in [7, 11) is 0. The lowest BCUT2D eigenvalue weighted by molar-refractivity contribution is 0.220. The third kappa shape index (κ3) is 2.62. The zero-order valence-electron chi connectivity index (χ0n) is 7.90. The Morgan fingerprint density at radius 3 is 3.00 bits per heavy atom. The molecule has 0 radical (unpaired) electrons. The number of nitrogens with one attached hydrogen (secondary N) is 1. The molecule has 1 heterocycles. The minimum atomic E-state index is -0.458. The molecule has 2 rings (SSSR count). The molecular formula is C10H10BrClFNO. The average molecular weight is 295 g/mol. The molecule has 0 aliphatic carbocycles. The molecule has 1 aromatic rings. The van der Waals surface area contributed by atoms with Crippen LogP contribution in [0.5, 0.6) is 5.75 Å². The van der Waals surface area contributed by atoms with Gasteiger partial charge in [-0.1, -0.05) is 11.6 Å². The Kier molecular flexibility index (Phi) is 3.49. The summed E-state index contributed by atoms with van der Waals surface area (Å²) in [6.07, 6.45) is 1.05. The predicted octanol–water partition coefficient (Wildman–Crippen LogP) is 2.98. The van der Waals surface area contributed by atoms with Crippen LogP contribution in [0, 0.1) is 5.82 Å². The molecule has 0 bridgehead atoms. The normalized spacial score (nSPS) is 20.6. The van der Waals surface area contributed by atoms with Gasteiger partial charge in [-0.25, -0.2) is 4.39 Å². The summed E-state index contributed by atoms with van der Waals surface area (Å²) in [5.74, 6) is 0.0476. The van der Waals surface area contributed by atoms with Crippen LogP contribution >= 0.6 is 27.5 Å². The molecule has 0 saturated carbocycles. The maximum absolute atomic E-state index is 13.2. The molecule has 1 aliphatic rings. The molecule has 1 N–H and O–H groups in total. The summed E-state index contributed by atoms with van der Waals surface area (Å²) in [6.45, 7) is 1.75. The van der Waals surface area contributed by atoms with Crippen LogP contribution in [0.25, 0.3) is 0 Å². The molecule has 15 heavy (non-hydrogen) atoms. The average Bonchev–Trinajstić information content (AvgIpc) is 2.67. The van der Waals surface area contributed by atoms with Gasteiger partial charge in [-0.2, -0.15) is 0 Å². The Morgan fingerprint density at radius 1 is 1.53 bits per heavy atom. The van der Waals surface area contributed by atoms with E-state index in [1.807, 2.05) is 0 Å². The fourth-order valence-corrected chi connectivity index (χ4v) is 2.24. The second kappa shape index (κ2) is 4.68. The quantitative estimate of drug-likeness (QED) is 0.847. The Balaban J connectivity index is 2.16. The lowest BCUT2D eigenvalue weighted by Gasteiger charge is -2.14. The van der Waals surface area contributed by atoms with Gasteiger partial charge in [0.05, 0.1) is 9.50 Å². The topological polar surface area (TPSA) is 21.3 Å². The van der Waals surface area contributed by atoms with Crippen molar-refractivity contribution in [3.63, 3.8) is 0 Å². The van der Waals surface area contributed by atoms with Crippen molar-refractivity contribution in [1.82, 2.24) is 5.32 Å². The highest BCUT2D eigenvalue weighted by Gasteiger charge is 2.18. The summed E-state index contributed by atoms with van der Waals surface area (Å²) in [5.41, 5.74) is 0. The Morgan fingerprint density at radius 2 is 2.33 bits per heavy atom. The predicted molar refractivity (Wildman–Crippen MR) is 61.0 cm³/mol. The van der Waals surface area contributed by atoms with Crippen LogP contribution in [-0.2, 0) is 0 Å². The van der Waals surface area contributed by atoms with E-state index in [1.54, 1.807) is 0 Å². The van der Waals surface area contributed by atoms with Crippen molar-refractivity contribution in [2.45, 2.75) is 12.5 Å². The van der Waals surface area contributed by atoms with Crippen LogP contribution in [0.15, 0.2) is 16.6 Å². The van der Waals surface area contributed by atoms with E-state index in [-0.39, 0.29) is 11.1 Å². The second-order valence-electron chi connectivity index (χ2n) is 3.43. The van der Waals surface area contributed by atoms with Gasteiger partial charge in [0, 0.05) is 12.6 Å². The molecule has 1 aromatic carbocycles. The zero-order chi connectivity index (χ0) is 10.8. The van der Waals surface area contributed by atoms with E-state index in [2.05, 4.69) is 21.2 Å². The van der Waals surface area contributed by atoms with Crippen LogP contribution in [-0.4, -0.2) is 19.2 Å². The monoisotopic (exact) mass is 293 g/mol. The van der Waals surface area contributed by atoms with E-state index in [0.717, 1.165) is 19.5 Å². The fraction of sp³-hybridized carbons (Fsp3) is 0.400. The zero-order valence-corrected chi connectivity index (χ0v) is 10.2. The van der Waals surface area contributed by atoms with Crippen LogP contribution in [0.1, 0.15) is 6.42 Å². The van der Waals surface area contributed by atoms with Crippen molar-refractivity contribution in [2.24, 2.45) is 0 Å². The smallest absolute Gasteiger partial charge is 0.145 e. The second-order valence-corrected chi connectivity index (χ2v) is 4.69.